The lowest BCUT2D eigenvalue weighted by Crippen LogP contribution is -2.41. The summed E-state index contributed by atoms with van der Waals surface area (Å²) in [7, 11) is 0. The standard InChI is InChI=1S/C21H16Cl2F2N6O/c22-16-7-13(24)2-1-12(16)9-28-30-21(32)31-6-5-19-15(10-31)20(27-11-26-19)29-14-3-4-18(25)17(23)8-14/h1-4,7-9,11H,5-6,10H2,(H,30,32)(H,26,27,29)/b28-9+. The largest absolute Gasteiger partial charge is 0.340 e. The van der Waals surface area contributed by atoms with Crippen LogP contribution in [0.15, 0.2) is 47.8 Å². The van der Waals surface area contributed by atoms with Gasteiger partial charge >= 0.3 is 6.03 Å². The van der Waals surface area contributed by atoms with Gasteiger partial charge < -0.3 is 10.2 Å². The molecular formula is C21H16Cl2F2N6O. The fourth-order valence-corrected chi connectivity index (χ4v) is 3.56. The van der Waals surface area contributed by atoms with Crippen molar-refractivity contribution in [2.24, 2.45) is 5.10 Å². The number of hydrogen-bond donors (Lipinski definition) is 2. The van der Waals surface area contributed by atoms with Gasteiger partial charge in [-0.05, 0) is 36.4 Å². The van der Waals surface area contributed by atoms with Crippen LogP contribution in [0.5, 0.6) is 0 Å². The van der Waals surface area contributed by atoms with E-state index in [4.69, 9.17) is 23.2 Å². The maximum Gasteiger partial charge on any atom is 0.338 e. The molecule has 4 rings (SSSR count). The molecule has 0 radical (unpaired) electrons. The van der Waals surface area contributed by atoms with E-state index in [1.807, 2.05) is 0 Å². The fraction of sp³-hybridized carbons (Fsp3) is 0.143. The third kappa shape index (κ3) is 4.95. The third-order valence-corrected chi connectivity index (χ3v) is 5.41. The van der Waals surface area contributed by atoms with Gasteiger partial charge in [0.25, 0.3) is 0 Å². The van der Waals surface area contributed by atoms with Gasteiger partial charge in [-0.25, -0.2) is 29.0 Å². The Morgan fingerprint density at radius 3 is 2.75 bits per heavy atom. The molecule has 11 heteroatoms. The first-order valence-corrected chi connectivity index (χ1v) is 10.2. The zero-order valence-corrected chi connectivity index (χ0v) is 18.0. The van der Waals surface area contributed by atoms with Gasteiger partial charge in [-0.3, -0.25) is 0 Å². The van der Waals surface area contributed by atoms with Gasteiger partial charge in [0.1, 0.15) is 23.8 Å². The molecule has 0 fully saturated rings. The number of benzene rings is 2. The first kappa shape index (κ1) is 21.9. The number of anilines is 2. The van der Waals surface area contributed by atoms with E-state index in [9.17, 15) is 13.6 Å². The minimum Gasteiger partial charge on any atom is -0.340 e. The monoisotopic (exact) mass is 476 g/mol. The highest BCUT2D eigenvalue weighted by Crippen LogP contribution is 2.27. The molecule has 2 aromatic carbocycles. The van der Waals surface area contributed by atoms with Gasteiger partial charge in [0.05, 0.1) is 28.5 Å². The Labute approximate surface area is 192 Å². The summed E-state index contributed by atoms with van der Waals surface area (Å²) in [5.74, 6) is -0.485. The predicted octanol–water partition coefficient (Wildman–Crippen LogP) is 4.91. The SMILES string of the molecule is O=C(N/N=C/c1ccc(F)cc1Cl)N1CCc2ncnc(Nc3ccc(F)c(Cl)c3)c2C1. The van der Waals surface area contributed by atoms with Crippen LogP contribution in [0.1, 0.15) is 16.8 Å². The Morgan fingerprint density at radius 1 is 1.12 bits per heavy atom. The Kier molecular flexibility index (Phi) is 6.48. The quantitative estimate of drug-likeness (QED) is 0.414. The van der Waals surface area contributed by atoms with E-state index in [1.54, 1.807) is 4.90 Å². The molecule has 0 spiro atoms. The van der Waals surface area contributed by atoms with Crippen LogP contribution in [0.4, 0.5) is 25.1 Å². The van der Waals surface area contributed by atoms with E-state index >= 15 is 0 Å². The molecule has 1 aromatic heterocycles. The molecule has 1 aliphatic heterocycles. The number of hydrazone groups is 1. The highest BCUT2D eigenvalue weighted by molar-refractivity contribution is 6.33. The first-order chi connectivity index (χ1) is 15.4. The smallest absolute Gasteiger partial charge is 0.338 e. The number of carbonyl (C=O) groups excluding carboxylic acids is 1. The Hall–Kier alpha value is -3.30. The minimum atomic E-state index is -0.521. The highest BCUT2D eigenvalue weighted by atomic mass is 35.5. The van der Waals surface area contributed by atoms with E-state index < -0.39 is 17.7 Å². The number of hydrogen-bond acceptors (Lipinski definition) is 5. The van der Waals surface area contributed by atoms with E-state index in [0.717, 1.165) is 17.3 Å². The molecule has 0 bridgehead atoms. The van der Waals surface area contributed by atoms with Crippen molar-refractivity contribution < 1.29 is 13.6 Å². The van der Waals surface area contributed by atoms with Gasteiger partial charge in [0.15, 0.2) is 0 Å². The molecule has 0 atom stereocenters. The molecule has 164 valence electrons. The van der Waals surface area contributed by atoms with Crippen LogP contribution in [-0.2, 0) is 13.0 Å². The number of fused-ring (bicyclic) bond motifs is 1. The Balaban J connectivity index is 1.46. The second-order valence-corrected chi connectivity index (χ2v) is 7.73. The fourth-order valence-electron chi connectivity index (χ4n) is 3.17. The lowest BCUT2D eigenvalue weighted by atomic mass is 10.1. The second kappa shape index (κ2) is 9.46. The van der Waals surface area contributed by atoms with Crippen molar-refractivity contribution in [3.63, 3.8) is 0 Å². The molecule has 32 heavy (non-hydrogen) atoms. The summed E-state index contributed by atoms with van der Waals surface area (Å²) < 4.78 is 26.6. The molecule has 0 saturated heterocycles. The van der Waals surface area contributed by atoms with Crippen molar-refractivity contribution in [1.29, 1.82) is 0 Å². The topological polar surface area (TPSA) is 82.5 Å². The van der Waals surface area contributed by atoms with E-state index in [1.165, 1.54) is 42.9 Å². The average Bonchev–Trinajstić information content (AvgIpc) is 2.77. The van der Waals surface area contributed by atoms with Gasteiger partial charge in [0, 0.05) is 29.8 Å². The normalized spacial score (nSPS) is 13.2. The number of halogens is 4. The third-order valence-electron chi connectivity index (χ3n) is 4.80. The van der Waals surface area contributed by atoms with Crippen LogP contribution in [0.2, 0.25) is 10.0 Å². The number of amides is 2. The van der Waals surface area contributed by atoms with Crippen molar-refractivity contribution in [2.75, 3.05) is 11.9 Å². The molecule has 2 N–H and O–H groups in total. The molecular weight excluding hydrogens is 461 g/mol. The molecule has 0 aliphatic carbocycles. The molecule has 0 saturated carbocycles. The Bertz CT molecular complexity index is 1210. The van der Waals surface area contributed by atoms with Gasteiger partial charge in [-0.1, -0.05) is 23.2 Å². The number of nitrogens with zero attached hydrogens (tertiary/aromatic N) is 4. The number of urea groups is 1. The molecule has 2 heterocycles. The Morgan fingerprint density at radius 2 is 1.97 bits per heavy atom. The van der Waals surface area contributed by atoms with Crippen LogP contribution < -0.4 is 10.7 Å². The number of rotatable bonds is 4. The van der Waals surface area contributed by atoms with Crippen LogP contribution in [0, 0.1) is 11.6 Å². The van der Waals surface area contributed by atoms with E-state index in [0.29, 0.717) is 30.0 Å². The van der Waals surface area contributed by atoms with Gasteiger partial charge in [-0.15, -0.1) is 0 Å². The second-order valence-electron chi connectivity index (χ2n) is 6.91. The average molecular weight is 477 g/mol. The van der Waals surface area contributed by atoms with Crippen molar-refractivity contribution >= 4 is 47.0 Å². The van der Waals surface area contributed by atoms with Crippen molar-refractivity contribution in [3.8, 4) is 0 Å². The zero-order chi connectivity index (χ0) is 22.7. The molecule has 2 amide bonds. The molecule has 7 nitrogen and oxygen atoms in total. The summed E-state index contributed by atoms with van der Waals surface area (Å²) in [6.07, 6.45) is 3.29. The van der Waals surface area contributed by atoms with Crippen LogP contribution >= 0.6 is 23.2 Å². The van der Waals surface area contributed by atoms with Gasteiger partial charge in [0.2, 0.25) is 0 Å². The summed E-state index contributed by atoms with van der Waals surface area (Å²) >= 11 is 11.8. The summed E-state index contributed by atoms with van der Waals surface area (Å²) in [4.78, 5) is 22.7. The highest BCUT2D eigenvalue weighted by Gasteiger charge is 2.24. The van der Waals surface area contributed by atoms with E-state index in [-0.39, 0.29) is 16.6 Å². The van der Waals surface area contributed by atoms with Crippen LogP contribution in [0.3, 0.4) is 0 Å². The maximum atomic E-state index is 13.4. The summed E-state index contributed by atoms with van der Waals surface area (Å²) in [5, 5.41) is 7.17. The number of aromatic nitrogens is 2. The van der Waals surface area contributed by atoms with Crippen molar-refractivity contribution in [2.45, 2.75) is 13.0 Å². The van der Waals surface area contributed by atoms with E-state index in [2.05, 4.69) is 25.8 Å². The number of nitrogens with one attached hydrogen (secondary N) is 2. The van der Waals surface area contributed by atoms with Crippen molar-refractivity contribution in [3.05, 3.63) is 81.2 Å². The number of carbonyl (C=O) groups is 1. The van der Waals surface area contributed by atoms with Crippen molar-refractivity contribution in [1.82, 2.24) is 20.3 Å². The summed E-state index contributed by atoms with van der Waals surface area (Å²) in [5.41, 5.74) is 5.01. The molecule has 1 aliphatic rings. The summed E-state index contributed by atoms with van der Waals surface area (Å²) in [6, 6.07) is 7.69. The lowest BCUT2D eigenvalue weighted by molar-refractivity contribution is 0.192. The summed E-state index contributed by atoms with van der Waals surface area (Å²) in [6.45, 7) is 0.677. The van der Waals surface area contributed by atoms with Gasteiger partial charge in [-0.2, -0.15) is 5.10 Å². The maximum absolute atomic E-state index is 13.4. The predicted molar refractivity (Wildman–Crippen MR) is 118 cm³/mol. The van der Waals surface area contributed by atoms with Crippen LogP contribution in [0.25, 0.3) is 0 Å². The first-order valence-electron chi connectivity index (χ1n) is 9.48. The zero-order valence-electron chi connectivity index (χ0n) is 16.4. The molecule has 0 unspecified atom stereocenters. The lowest BCUT2D eigenvalue weighted by Gasteiger charge is -2.28. The molecule has 3 aromatic rings. The van der Waals surface area contributed by atoms with Crippen LogP contribution in [-0.4, -0.2) is 33.7 Å². The minimum absolute atomic E-state index is 0.0157.